The van der Waals surface area contributed by atoms with E-state index in [0.29, 0.717) is 6.42 Å². The Morgan fingerprint density at radius 3 is 3.00 bits per heavy atom. The van der Waals surface area contributed by atoms with Crippen molar-refractivity contribution in [2.24, 2.45) is 5.92 Å². The summed E-state index contributed by atoms with van der Waals surface area (Å²) in [5.41, 5.74) is 2.06. The predicted octanol–water partition coefficient (Wildman–Crippen LogP) is 1.76. The summed E-state index contributed by atoms with van der Waals surface area (Å²) in [5.74, 6) is 0.191. The van der Waals surface area contributed by atoms with Crippen LogP contribution in [0.3, 0.4) is 0 Å². The Labute approximate surface area is 117 Å². The number of rotatable bonds is 4. The number of fused-ring (bicyclic) bond motifs is 1. The first-order chi connectivity index (χ1) is 9.76. The van der Waals surface area contributed by atoms with Crippen molar-refractivity contribution < 1.29 is 9.90 Å². The molecule has 0 spiro atoms. The van der Waals surface area contributed by atoms with Gasteiger partial charge in [-0.15, -0.1) is 0 Å². The van der Waals surface area contributed by atoms with Gasteiger partial charge in [-0.1, -0.05) is 30.4 Å². The van der Waals surface area contributed by atoms with Crippen LogP contribution in [0.1, 0.15) is 12.0 Å². The highest BCUT2D eigenvalue weighted by atomic mass is 16.3. The minimum absolute atomic E-state index is 0.0167. The number of aliphatic hydroxyl groups is 1. The number of carbonyl (C=O) groups is 1. The van der Waals surface area contributed by atoms with Gasteiger partial charge in [0.05, 0.1) is 6.42 Å². The molecule has 3 rings (SSSR count). The van der Waals surface area contributed by atoms with Crippen LogP contribution in [0, 0.1) is 5.92 Å². The number of amides is 1. The highest BCUT2D eigenvalue weighted by molar-refractivity contribution is 5.89. The van der Waals surface area contributed by atoms with Crippen molar-refractivity contribution in [1.29, 1.82) is 0 Å². The van der Waals surface area contributed by atoms with Gasteiger partial charge < -0.3 is 15.4 Å². The van der Waals surface area contributed by atoms with E-state index in [0.717, 1.165) is 22.9 Å². The zero-order valence-corrected chi connectivity index (χ0v) is 11.2. The average molecular weight is 270 g/mol. The number of carbonyl (C=O) groups excluding carboxylic acids is 1. The lowest BCUT2D eigenvalue weighted by Crippen LogP contribution is -2.34. The molecular weight excluding hydrogens is 252 g/mol. The van der Waals surface area contributed by atoms with Crippen LogP contribution in [0.5, 0.6) is 0 Å². The lowest BCUT2D eigenvalue weighted by atomic mass is 10.1. The fourth-order valence-corrected chi connectivity index (χ4v) is 2.73. The molecule has 20 heavy (non-hydrogen) atoms. The fourth-order valence-electron chi connectivity index (χ4n) is 2.73. The first-order valence-electron chi connectivity index (χ1n) is 6.90. The van der Waals surface area contributed by atoms with Crippen LogP contribution >= 0.6 is 0 Å². The summed E-state index contributed by atoms with van der Waals surface area (Å²) in [5, 5.41) is 13.2. The first-order valence-corrected chi connectivity index (χ1v) is 6.90. The van der Waals surface area contributed by atoms with E-state index in [1.54, 1.807) is 0 Å². The molecule has 0 saturated heterocycles. The molecule has 1 aromatic carbocycles. The highest BCUT2D eigenvalue weighted by Crippen LogP contribution is 2.19. The van der Waals surface area contributed by atoms with Crippen molar-refractivity contribution in [1.82, 2.24) is 10.3 Å². The van der Waals surface area contributed by atoms with Gasteiger partial charge in [-0.2, -0.15) is 0 Å². The summed E-state index contributed by atoms with van der Waals surface area (Å²) in [6, 6.07) is 8.02. The number of para-hydroxylation sites is 1. The van der Waals surface area contributed by atoms with Crippen LogP contribution in [-0.2, 0) is 11.2 Å². The highest BCUT2D eigenvalue weighted by Gasteiger charge is 2.20. The number of aliphatic hydroxyl groups excluding tert-OH is 1. The van der Waals surface area contributed by atoms with Gasteiger partial charge >= 0.3 is 0 Å². The SMILES string of the molecule is O=C(Cc1c[nH]c2ccccc12)N[C@@H]1C=C[C@H](CO)C1. The maximum Gasteiger partial charge on any atom is 0.224 e. The maximum absolute atomic E-state index is 12.1. The molecule has 1 heterocycles. The van der Waals surface area contributed by atoms with Gasteiger partial charge in [0.25, 0.3) is 0 Å². The Morgan fingerprint density at radius 2 is 2.20 bits per heavy atom. The summed E-state index contributed by atoms with van der Waals surface area (Å²) < 4.78 is 0. The van der Waals surface area contributed by atoms with Crippen LogP contribution in [0.4, 0.5) is 0 Å². The molecule has 2 atom stereocenters. The van der Waals surface area contributed by atoms with Gasteiger partial charge in [-0.05, 0) is 18.1 Å². The molecule has 1 amide bonds. The van der Waals surface area contributed by atoms with E-state index in [-0.39, 0.29) is 24.5 Å². The lowest BCUT2D eigenvalue weighted by molar-refractivity contribution is -0.120. The number of nitrogens with one attached hydrogen (secondary N) is 2. The van der Waals surface area contributed by atoms with E-state index in [9.17, 15) is 4.79 Å². The minimum Gasteiger partial charge on any atom is -0.396 e. The molecule has 0 aliphatic heterocycles. The molecule has 1 aliphatic rings. The molecule has 1 aliphatic carbocycles. The second-order valence-electron chi connectivity index (χ2n) is 5.27. The fraction of sp³-hybridized carbons (Fsp3) is 0.312. The molecule has 2 aromatic rings. The maximum atomic E-state index is 12.1. The molecule has 3 N–H and O–H groups in total. The van der Waals surface area contributed by atoms with Gasteiger partial charge in [-0.3, -0.25) is 4.79 Å². The van der Waals surface area contributed by atoms with Crippen LogP contribution in [0.2, 0.25) is 0 Å². The van der Waals surface area contributed by atoms with E-state index in [2.05, 4.69) is 10.3 Å². The molecule has 0 fully saturated rings. The monoisotopic (exact) mass is 270 g/mol. The first kappa shape index (κ1) is 12.9. The minimum atomic E-state index is 0.0167. The third kappa shape index (κ3) is 2.60. The van der Waals surface area contributed by atoms with Gasteiger partial charge in [0.15, 0.2) is 0 Å². The largest absolute Gasteiger partial charge is 0.396 e. The van der Waals surface area contributed by atoms with Crippen molar-refractivity contribution in [2.75, 3.05) is 6.61 Å². The molecular formula is C16H18N2O2. The van der Waals surface area contributed by atoms with Crippen LogP contribution in [0.15, 0.2) is 42.6 Å². The summed E-state index contributed by atoms with van der Waals surface area (Å²) in [6.07, 6.45) is 6.99. The number of aromatic nitrogens is 1. The Balaban J connectivity index is 1.63. The quantitative estimate of drug-likeness (QED) is 0.741. The van der Waals surface area contributed by atoms with E-state index < -0.39 is 0 Å². The summed E-state index contributed by atoms with van der Waals surface area (Å²) in [7, 11) is 0. The number of hydrogen-bond acceptors (Lipinski definition) is 2. The lowest BCUT2D eigenvalue weighted by Gasteiger charge is -2.12. The van der Waals surface area contributed by atoms with Gasteiger partial charge in [-0.25, -0.2) is 0 Å². The van der Waals surface area contributed by atoms with Gasteiger partial charge in [0, 0.05) is 35.7 Å². The van der Waals surface area contributed by atoms with E-state index in [1.165, 1.54) is 0 Å². The van der Waals surface area contributed by atoms with Crippen molar-refractivity contribution in [3.63, 3.8) is 0 Å². The molecule has 0 saturated carbocycles. The normalized spacial score (nSPS) is 21.4. The Morgan fingerprint density at radius 1 is 1.35 bits per heavy atom. The molecule has 0 radical (unpaired) electrons. The molecule has 0 bridgehead atoms. The number of benzene rings is 1. The molecule has 104 valence electrons. The molecule has 4 nitrogen and oxygen atoms in total. The van der Waals surface area contributed by atoms with E-state index in [4.69, 9.17) is 5.11 Å². The number of hydrogen-bond donors (Lipinski definition) is 3. The summed E-state index contributed by atoms with van der Waals surface area (Å²) in [4.78, 5) is 15.3. The van der Waals surface area contributed by atoms with E-state index in [1.807, 2.05) is 42.6 Å². The molecule has 1 aromatic heterocycles. The predicted molar refractivity (Wildman–Crippen MR) is 78.3 cm³/mol. The zero-order chi connectivity index (χ0) is 13.9. The van der Waals surface area contributed by atoms with Crippen molar-refractivity contribution >= 4 is 16.8 Å². The van der Waals surface area contributed by atoms with Crippen molar-refractivity contribution in [3.8, 4) is 0 Å². The summed E-state index contributed by atoms with van der Waals surface area (Å²) >= 11 is 0. The van der Waals surface area contributed by atoms with Gasteiger partial charge in [0.2, 0.25) is 5.91 Å². The Bertz CT molecular complexity index is 645. The van der Waals surface area contributed by atoms with Crippen molar-refractivity contribution in [2.45, 2.75) is 18.9 Å². The number of H-pyrrole nitrogens is 1. The second kappa shape index (κ2) is 5.51. The van der Waals surface area contributed by atoms with Crippen molar-refractivity contribution in [3.05, 3.63) is 48.2 Å². The third-order valence-corrected chi connectivity index (χ3v) is 3.78. The Hall–Kier alpha value is -2.07. The molecule has 4 heteroatoms. The topological polar surface area (TPSA) is 65.1 Å². The summed E-state index contributed by atoms with van der Waals surface area (Å²) in [6.45, 7) is 0.144. The van der Waals surface area contributed by atoms with Crippen LogP contribution in [-0.4, -0.2) is 28.6 Å². The second-order valence-corrected chi connectivity index (χ2v) is 5.27. The smallest absolute Gasteiger partial charge is 0.224 e. The average Bonchev–Trinajstić information content (AvgIpc) is 3.06. The third-order valence-electron chi connectivity index (χ3n) is 3.78. The van der Waals surface area contributed by atoms with Crippen LogP contribution < -0.4 is 5.32 Å². The Kier molecular flexibility index (Phi) is 3.56. The number of aromatic amines is 1. The molecule has 0 unspecified atom stereocenters. The van der Waals surface area contributed by atoms with Crippen LogP contribution in [0.25, 0.3) is 10.9 Å². The standard InChI is InChI=1S/C16H18N2O2/c19-10-11-5-6-13(7-11)18-16(20)8-12-9-17-15-4-2-1-3-14(12)15/h1-6,9,11,13,17,19H,7-8,10H2,(H,18,20)/t11-,13+/m0/s1. The van der Waals surface area contributed by atoms with Gasteiger partial charge in [0.1, 0.15) is 0 Å². The zero-order valence-electron chi connectivity index (χ0n) is 11.2. The van der Waals surface area contributed by atoms with E-state index >= 15 is 0 Å².